The monoisotopic (exact) mass is 579 g/mol. The molecule has 5 aromatic heterocycles. The van der Waals surface area contributed by atoms with Crippen LogP contribution in [0.4, 0.5) is 0 Å². The van der Waals surface area contributed by atoms with E-state index in [9.17, 15) is 0 Å². The third-order valence-electron chi connectivity index (χ3n) is 10.1. The molecule has 0 amide bonds. The smallest absolute Gasteiger partial charge is 0.397 e. The van der Waals surface area contributed by atoms with Crippen LogP contribution in [0.5, 0.6) is 11.5 Å². The number of fused-ring (bicyclic) bond motifs is 10. The van der Waals surface area contributed by atoms with E-state index in [2.05, 4.69) is 139 Å². The molecule has 0 saturated heterocycles. The molecule has 0 saturated carbocycles. The van der Waals surface area contributed by atoms with Crippen LogP contribution in [0, 0.1) is 0 Å². The van der Waals surface area contributed by atoms with E-state index < -0.39 is 5.66 Å². The van der Waals surface area contributed by atoms with Gasteiger partial charge >= 0.3 is 5.66 Å². The number of para-hydroxylation sites is 1. The van der Waals surface area contributed by atoms with E-state index in [1.807, 2.05) is 6.07 Å². The zero-order chi connectivity index (χ0) is 29.0. The fourth-order valence-electron chi connectivity index (χ4n) is 8.35. The number of nitrogens with zero attached hydrogens (tertiary/aromatic N) is 5. The van der Waals surface area contributed by atoms with Crippen LogP contribution in [0.1, 0.15) is 11.1 Å². The van der Waals surface area contributed by atoms with E-state index in [0.717, 1.165) is 61.6 Å². The van der Waals surface area contributed by atoms with Crippen molar-refractivity contribution in [3.8, 4) is 34.1 Å². The summed E-state index contributed by atoms with van der Waals surface area (Å²) in [6.45, 7) is 0. The van der Waals surface area contributed by atoms with Crippen molar-refractivity contribution < 1.29 is 18.4 Å². The third-order valence-corrected chi connectivity index (χ3v) is 10.1. The van der Waals surface area contributed by atoms with Crippen molar-refractivity contribution in [1.82, 2.24) is 14.2 Å². The van der Waals surface area contributed by atoms with Crippen LogP contribution < -0.4 is 14.0 Å². The van der Waals surface area contributed by atoms with Gasteiger partial charge in [-0.25, -0.2) is 4.98 Å². The number of hydrogen-bond donors (Lipinski definition) is 0. The van der Waals surface area contributed by atoms with Crippen molar-refractivity contribution >= 4 is 43.9 Å². The van der Waals surface area contributed by atoms with Crippen molar-refractivity contribution in [3.63, 3.8) is 0 Å². The Morgan fingerprint density at radius 2 is 1.60 bits per heavy atom. The fourth-order valence-corrected chi connectivity index (χ4v) is 8.35. The summed E-state index contributed by atoms with van der Waals surface area (Å²) >= 11 is 0. The van der Waals surface area contributed by atoms with Crippen molar-refractivity contribution in [2.75, 3.05) is 0 Å². The second-order valence-electron chi connectivity index (χ2n) is 12.1. The normalized spacial score (nSPS) is 16.7. The summed E-state index contributed by atoms with van der Waals surface area (Å²) in [7, 11) is 0. The number of rotatable bonds is 1. The Bertz CT molecular complexity index is 2820. The largest absolute Gasteiger partial charge is 0.456 e. The summed E-state index contributed by atoms with van der Waals surface area (Å²) in [6.07, 6.45) is 8.50. The molecule has 12 rings (SSSR count). The average Bonchev–Trinajstić information content (AvgIpc) is 3.84. The van der Waals surface area contributed by atoms with E-state index >= 15 is 0 Å². The summed E-state index contributed by atoms with van der Waals surface area (Å²) < 4.78 is 22.5. The third kappa shape index (κ3) is 2.37. The highest BCUT2D eigenvalue weighted by Gasteiger charge is 2.68. The molecule has 1 atom stereocenters. The molecule has 0 bridgehead atoms. The quantitative estimate of drug-likeness (QED) is 0.194. The van der Waals surface area contributed by atoms with Crippen LogP contribution in [-0.4, -0.2) is 14.2 Å². The van der Waals surface area contributed by atoms with Gasteiger partial charge in [0.1, 0.15) is 33.8 Å². The van der Waals surface area contributed by atoms with Crippen molar-refractivity contribution in [2.24, 2.45) is 0 Å². The molecule has 1 unspecified atom stereocenters. The predicted octanol–water partition coefficient (Wildman–Crippen LogP) is 7.14. The summed E-state index contributed by atoms with van der Waals surface area (Å²) in [5.74, 6) is 2.86. The van der Waals surface area contributed by atoms with Crippen LogP contribution in [0.3, 0.4) is 0 Å². The van der Waals surface area contributed by atoms with Gasteiger partial charge in [-0.15, -0.1) is 4.68 Å². The Morgan fingerprint density at radius 1 is 0.711 bits per heavy atom. The van der Waals surface area contributed by atoms with Crippen LogP contribution in [0.25, 0.3) is 66.5 Å². The van der Waals surface area contributed by atoms with Crippen LogP contribution in [-0.2, 0) is 5.66 Å². The highest BCUT2D eigenvalue weighted by Crippen LogP contribution is 2.55. The zero-order valence-corrected chi connectivity index (χ0v) is 23.7. The molecule has 7 heteroatoms. The molecular weight excluding hydrogens is 558 g/mol. The Hall–Kier alpha value is -6.21. The molecule has 9 aromatic rings. The molecule has 7 nitrogen and oxygen atoms in total. The van der Waals surface area contributed by atoms with Crippen LogP contribution in [0.2, 0.25) is 0 Å². The van der Waals surface area contributed by atoms with Gasteiger partial charge in [-0.3, -0.25) is 0 Å². The second kappa shape index (κ2) is 7.29. The minimum absolute atomic E-state index is 0.659. The molecule has 208 valence electrons. The summed E-state index contributed by atoms with van der Waals surface area (Å²) in [4.78, 5) is 4.44. The lowest BCUT2D eigenvalue weighted by molar-refractivity contribution is -0.993. The van der Waals surface area contributed by atoms with Gasteiger partial charge in [0.2, 0.25) is 11.9 Å². The first kappa shape index (κ1) is 22.3. The first-order valence-corrected chi connectivity index (χ1v) is 15.1. The van der Waals surface area contributed by atoms with E-state index in [1.165, 1.54) is 21.8 Å². The second-order valence-corrected chi connectivity index (χ2v) is 12.1. The zero-order valence-electron chi connectivity index (χ0n) is 23.7. The maximum absolute atomic E-state index is 6.76. The predicted molar refractivity (Wildman–Crippen MR) is 169 cm³/mol. The molecule has 3 aliphatic heterocycles. The maximum atomic E-state index is 6.76. The highest BCUT2D eigenvalue weighted by molar-refractivity contribution is 6.11. The average molecular weight is 580 g/mol. The summed E-state index contributed by atoms with van der Waals surface area (Å²) in [5.41, 5.74) is 8.72. The van der Waals surface area contributed by atoms with Gasteiger partial charge in [-0.2, -0.15) is 9.13 Å². The van der Waals surface area contributed by atoms with Gasteiger partial charge in [-0.1, -0.05) is 35.0 Å². The van der Waals surface area contributed by atoms with Gasteiger partial charge < -0.3 is 9.15 Å². The van der Waals surface area contributed by atoms with E-state index in [4.69, 9.17) is 9.15 Å². The minimum Gasteiger partial charge on any atom is -0.456 e. The van der Waals surface area contributed by atoms with Gasteiger partial charge in [0.25, 0.3) is 5.82 Å². The van der Waals surface area contributed by atoms with Gasteiger partial charge in [-0.05, 0) is 72.3 Å². The molecule has 0 aliphatic carbocycles. The van der Waals surface area contributed by atoms with Crippen LogP contribution in [0.15, 0.2) is 132 Å². The molecule has 0 radical (unpaired) electrons. The number of benzene rings is 4. The SMILES string of the molecule is c1cc2c3c(c1)-n1cc(-c4ccc5c(c4)oc4ncccc45)c[n+]1C31c3c(ccc4c5ccccc5n(c34)-c3cccc[n+]31)O2. The van der Waals surface area contributed by atoms with Crippen LogP contribution >= 0.6 is 0 Å². The standard InChI is InChI=1S/C38H21N5O2/c1-2-9-28-24(7-1)26-15-16-31-35-36(26)43(28)33-12-3-4-18-40(33)38(35)34-29(10-5-11-30(34)44-31)41-20-23(21-42(38)41)22-13-14-25-27-8-6-17-39-37(27)45-32(25)19-22/h1-21H/q+2. The van der Waals surface area contributed by atoms with Gasteiger partial charge in [0.15, 0.2) is 11.1 Å². The first-order chi connectivity index (χ1) is 22.3. The minimum atomic E-state index is -0.703. The number of hydrogen-bond acceptors (Lipinski definition) is 3. The number of furan rings is 1. The Balaban J connectivity index is 1.22. The van der Waals surface area contributed by atoms with E-state index in [0.29, 0.717) is 5.71 Å². The van der Waals surface area contributed by atoms with Gasteiger partial charge in [0.05, 0.1) is 18.0 Å². The lowest BCUT2D eigenvalue weighted by Gasteiger charge is -2.32. The molecule has 3 aliphatic rings. The molecule has 0 N–H and O–H groups in total. The number of aromatic nitrogens is 5. The highest BCUT2D eigenvalue weighted by atomic mass is 16.5. The number of pyridine rings is 2. The maximum Gasteiger partial charge on any atom is 0.397 e. The molecule has 8 heterocycles. The van der Waals surface area contributed by atoms with Crippen molar-refractivity contribution in [3.05, 3.63) is 139 Å². The Morgan fingerprint density at radius 3 is 2.60 bits per heavy atom. The molecule has 0 fully saturated rings. The van der Waals surface area contributed by atoms with Gasteiger partial charge in [0, 0.05) is 33.8 Å². The lowest BCUT2D eigenvalue weighted by Crippen LogP contribution is -2.76. The lowest BCUT2D eigenvalue weighted by atomic mass is 9.84. The molecule has 1 spiro atoms. The summed E-state index contributed by atoms with van der Waals surface area (Å²) in [6, 6.07) is 36.4. The van der Waals surface area contributed by atoms with Crippen molar-refractivity contribution in [2.45, 2.75) is 5.66 Å². The summed E-state index contributed by atoms with van der Waals surface area (Å²) in [5, 5.41) is 4.55. The number of ether oxygens (including phenoxy) is 1. The molecule has 4 aromatic carbocycles. The van der Waals surface area contributed by atoms with E-state index in [-0.39, 0.29) is 0 Å². The molecule has 45 heavy (non-hydrogen) atoms. The Labute approximate surface area is 255 Å². The first-order valence-electron chi connectivity index (χ1n) is 15.1. The fraction of sp³-hybridized carbons (Fsp3) is 0.0263. The Kier molecular flexibility index (Phi) is 3.62. The van der Waals surface area contributed by atoms with Crippen molar-refractivity contribution in [1.29, 1.82) is 0 Å². The topological polar surface area (TPSA) is 52.9 Å². The molecular formula is C38H21N5O2+2. The van der Waals surface area contributed by atoms with E-state index in [1.54, 1.807) is 6.20 Å².